The number of methoxy groups -OCH3 is 1. The second-order valence-corrected chi connectivity index (χ2v) is 4.41. The maximum absolute atomic E-state index is 13.5. The Hall–Kier alpha value is -2.40. The number of carboxylic acids is 1. The van der Waals surface area contributed by atoms with Crippen LogP contribution in [0.15, 0.2) is 42.5 Å². The molecule has 0 spiro atoms. The molecule has 0 radical (unpaired) electrons. The molecule has 21 heavy (non-hydrogen) atoms. The minimum atomic E-state index is -1.36. The van der Waals surface area contributed by atoms with Gasteiger partial charge in [0.1, 0.15) is 22.9 Å². The lowest BCUT2D eigenvalue weighted by atomic mass is 10.1. The standard InChI is InChI=1S/C16H15FO4/c1-20-10-9-11-5-7-12(8-6-11)21-14-4-2-3-13(17)15(14)16(18)19/h2-8H,9-10H2,1H3,(H,18,19). The van der Waals surface area contributed by atoms with Crippen molar-refractivity contribution < 1.29 is 23.8 Å². The van der Waals surface area contributed by atoms with Gasteiger partial charge in [0, 0.05) is 7.11 Å². The first-order valence-electron chi connectivity index (χ1n) is 6.39. The molecule has 1 N–H and O–H groups in total. The number of rotatable bonds is 6. The number of carbonyl (C=O) groups is 1. The van der Waals surface area contributed by atoms with Crippen LogP contribution in [-0.2, 0) is 11.2 Å². The van der Waals surface area contributed by atoms with Gasteiger partial charge in [-0.3, -0.25) is 0 Å². The fourth-order valence-electron chi connectivity index (χ4n) is 1.87. The van der Waals surface area contributed by atoms with Crippen molar-refractivity contribution >= 4 is 5.97 Å². The molecule has 0 aliphatic carbocycles. The number of carboxylic acid groups (broad SMARTS) is 1. The third-order valence-electron chi connectivity index (χ3n) is 2.94. The first kappa shape index (κ1) is 15.0. The molecule has 0 saturated heterocycles. The van der Waals surface area contributed by atoms with Crippen molar-refractivity contribution in [3.63, 3.8) is 0 Å². The molecule has 4 nitrogen and oxygen atoms in total. The quantitative estimate of drug-likeness (QED) is 0.884. The van der Waals surface area contributed by atoms with Gasteiger partial charge < -0.3 is 14.6 Å². The lowest BCUT2D eigenvalue weighted by Crippen LogP contribution is -2.03. The summed E-state index contributed by atoms with van der Waals surface area (Å²) >= 11 is 0. The molecule has 2 aromatic rings. The third-order valence-corrected chi connectivity index (χ3v) is 2.94. The number of halogens is 1. The number of hydrogen-bond donors (Lipinski definition) is 1. The lowest BCUT2D eigenvalue weighted by molar-refractivity contribution is 0.0689. The van der Waals surface area contributed by atoms with Gasteiger partial charge in [0.2, 0.25) is 0 Å². The van der Waals surface area contributed by atoms with Crippen molar-refractivity contribution in [2.45, 2.75) is 6.42 Å². The molecule has 0 aliphatic rings. The van der Waals surface area contributed by atoms with Gasteiger partial charge in [0.15, 0.2) is 0 Å². The number of benzene rings is 2. The Morgan fingerprint density at radius 2 is 1.90 bits per heavy atom. The molecule has 2 aromatic carbocycles. The predicted octanol–water partition coefficient (Wildman–Crippen LogP) is 3.51. The SMILES string of the molecule is COCCc1ccc(Oc2cccc(F)c2C(=O)O)cc1. The van der Waals surface area contributed by atoms with Crippen molar-refractivity contribution in [1.29, 1.82) is 0 Å². The minimum Gasteiger partial charge on any atom is -0.477 e. The average molecular weight is 290 g/mol. The summed E-state index contributed by atoms with van der Waals surface area (Å²) in [4.78, 5) is 11.1. The van der Waals surface area contributed by atoms with E-state index in [0.717, 1.165) is 18.1 Å². The zero-order valence-corrected chi connectivity index (χ0v) is 11.5. The highest BCUT2D eigenvalue weighted by Gasteiger charge is 2.17. The first-order chi connectivity index (χ1) is 10.1. The average Bonchev–Trinajstić information content (AvgIpc) is 2.46. The first-order valence-corrected chi connectivity index (χ1v) is 6.39. The van der Waals surface area contributed by atoms with E-state index in [1.54, 1.807) is 19.2 Å². The van der Waals surface area contributed by atoms with Gasteiger partial charge in [0.05, 0.1) is 6.61 Å². The molecule has 0 aromatic heterocycles. The van der Waals surface area contributed by atoms with Gasteiger partial charge in [-0.1, -0.05) is 18.2 Å². The maximum Gasteiger partial charge on any atom is 0.342 e. The van der Waals surface area contributed by atoms with Crippen LogP contribution in [-0.4, -0.2) is 24.8 Å². The molecule has 5 heteroatoms. The smallest absolute Gasteiger partial charge is 0.342 e. The highest BCUT2D eigenvalue weighted by atomic mass is 19.1. The van der Waals surface area contributed by atoms with E-state index in [1.807, 2.05) is 12.1 Å². The summed E-state index contributed by atoms with van der Waals surface area (Å²) < 4.78 is 24.0. The normalized spacial score (nSPS) is 10.4. The third kappa shape index (κ3) is 3.79. The highest BCUT2D eigenvalue weighted by Crippen LogP contribution is 2.27. The van der Waals surface area contributed by atoms with Gasteiger partial charge in [0.25, 0.3) is 0 Å². The maximum atomic E-state index is 13.5. The van der Waals surface area contributed by atoms with Crippen molar-refractivity contribution in [3.8, 4) is 11.5 Å². The van der Waals surface area contributed by atoms with Crippen LogP contribution in [0.5, 0.6) is 11.5 Å². The fourth-order valence-corrected chi connectivity index (χ4v) is 1.87. The number of hydrogen-bond acceptors (Lipinski definition) is 3. The minimum absolute atomic E-state index is 0.0212. The van der Waals surface area contributed by atoms with Crippen LogP contribution in [0.1, 0.15) is 15.9 Å². The van der Waals surface area contributed by atoms with E-state index < -0.39 is 17.3 Å². The van der Waals surface area contributed by atoms with E-state index in [0.29, 0.717) is 12.4 Å². The van der Waals surface area contributed by atoms with Gasteiger partial charge >= 0.3 is 5.97 Å². The predicted molar refractivity (Wildman–Crippen MR) is 75.5 cm³/mol. The highest BCUT2D eigenvalue weighted by molar-refractivity contribution is 5.91. The number of ether oxygens (including phenoxy) is 2. The molecule has 0 saturated carbocycles. The van der Waals surface area contributed by atoms with Gasteiger partial charge in [-0.05, 0) is 36.2 Å². The van der Waals surface area contributed by atoms with E-state index in [2.05, 4.69) is 0 Å². The van der Waals surface area contributed by atoms with E-state index in [-0.39, 0.29) is 5.75 Å². The molecule has 0 fully saturated rings. The van der Waals surface area contributed by atoms with Crippen molar-refractivity contribution in [3.05, 3.63) is 59.4 Å². The summed E-state index contributed by atoms with van der Waals surface area (Å²) in [5.41, 5.74) is 0.600. The Morgan fingerprint density at radius 3 is 2.52 bits per heavy atom. The molecule has 0 aliphatic heterocycles. The summed E-state index contributed by atoms with van der Waals surface area (Å²) in [6.07, 6.45) is 0.775. The summed E-state index contributed by atoms with van der Waals surface area (Å²) in [6, 6.07) is 11.0. The molecule has 0 amide bonds. The Labute approximate surface area is 121 Å². The van der Waals surface area contributed by atoms with Crippen LogP contribution in [0.25, 0.3) is 0 Å². The number of aromatic carboxylic acids is 1. The van der Waals surface area contributed by atoms with Crippen LogP contribution in [0.3, 0.4) is 0 Å². The van der Waals surface area contributed by atoms with Crippen LogP contribution >= 0.6 is 0 Å². The summed E-state index contributed by atoms with van der Waals surface area (Å²) in [5, 5.41) is 9.03. The molecule has 2 rings (SSSR count). The molecule has 110 valence electrons. The van der Waals surface area contributed by atoms with Crippen molar-refractivity contribution in [2.75, 3.05) is 13.7 Å². The van der Waals surface area contributed by atoms with E-state index >= 15 is 0 Å². The van der Waals surface area contributed by atoms with Crippen LogP contribution in [0.2, 0.25) is 0 Å². The molecular weight excluding hydrogens is 275 g/mol. The van der Waals surface area contributed by atoms with E-state index in [1.165, 1.54) is 12.1 Å². The van der Waals surface area contributed by atoms with E-state index in [9.17, 15) is 9.18 Å². The molecule has 0 heterocycles. The summed E-state index contributed by atoms with van der Waals surface area (Å²) in [7, 11) is 1.63. The molecule has 0 bridgehead atoms. The largest absolute Gasteiger partial charge is 0.477 e. The van der Waals surface area contributed by atoms with Crippen molar-refractivity contribution in [1.82, 2.24) is 0 Å². The van der Waals surface area contributed by atoms with Gasteiger partial charge in [-0.15, -0.1) is 0 Å². The summed E-state index contributed by atoms with van der Waals surface area (Å²) in [6.45, 7) is 0.618. The topological polar surface area (TPSA) is 55.8 Å². The Kier molecular flexibility index (Phi) is 4.90. The van der Waals surface area contributed by atoms with Crippen LogP contribution in [0.4, 0.5) is 4.39 Å². The van der Waals surface area contributed by atoms with E-state index in [4.69, 9.17) is 14.6 Å². The lowest BCUT2D eigenvalue weighted by Gasteiger charge is -2.10. The molecule has 0 atom stereocenters. The Morgan fingerprint density at radius 1 is 1.19 bits per heavy atom. The summed E-state index contributed by atoms with van der Waals surface area (Å²) in [5.74, 6) is -1.76. The van der Waals surface area contributed by atoms with Crippen molar-refractivity contribution in [2.24, 2.45) is 0 Å². The zero-order chi connectivity index (χ0) is 15.2. The monoisotopic (exact) mass is 290 g/mol. The second kappa shape index (κ2) is 6.85. The molecular formula is C16H15FO4. The zero-order valence-electron chi connectivity index (χ0n) is 11.5. The fraction of sp³-hybridized carbons (Fsp3) is 0.188. The van der Waals surface area contributed by atoms with Gasteiger partial charge in [-0.25, -0.2) is 9.18 Å². The molecule has 0 unspecified atom stereocenters. The van der Waals surface area contributed by atoms with Crippen LogP contribution < -0.4 is 4.74 Å². The van der Waals surface area contributed by atoms with Gasteiger partial charge in [-0.2, -0.15) is 0 Å². The Bertz CT molecular complexity index is 623. The van der Waals surface area contributed by atoms with Crippen LogP contribution in [0, 0.1) is 5.82 Å². The Balaban J connectivity index is 2.19. The second-order valence-electron chi connectivity index (χ2n) is 4.41.